The topological polar surface area (TPSA) is 27.4 Å². The Morgan fingerprint density at radius 1 is 0.385 bits per heavy atom. The number of hydrogen-bond donors (Lipinski definition) is 0. The summed E-state index contributed by atoms with van der Waals surface area (Å²) in [5, 5.41) is 11.4. The molecule has 13 aromatic rings. The zero-order chi connectivity index (χ0) is 44.5. The number of fused-ring (bicyclic) bond motifs is 10. The van der Waals surface area contributed by atoms with Crippen LogP contribution in [0.1, 0.15) is 79.0 Å². The Kier molecular flexibility index (Phi) is 7.71. The lowest BCUT2D eigenvalue weighted by atomic mass is 9.87. The SMILES string of the molecule is CC(C)(C)c1ccc(-n2c3cc4ccccc4c4c3p3c5c2cc2ccccc2c5n2c5ccc(C(C)(C)C)cc5oc5c6ccccc6c(c3c52)n4-c2ccc(C(C)(C)C)cc2)cc1. The van der Waals surface area contributed by atoms with Gasteiger partial charge in [0, 0.05) is 43.2 Å². The second kappa shape index (κ2) is 13.0. The zero-order valence-corrected chi connectivity index (χ0v) is 39.5. The maximum atomic E-state index is 7.44. The molecule has 4 nitrogen and oxygen atoms in total. The molecule has 4 aromatic heterocycles. The molecule has 0 spiro atoms. The summed E-state index contributed by atoms with van der Waals surface area (Å²) in [4.78, 5) is 0. The van der Waals surface area contributed by atoms with Gasteiger partial charge < -0.3 is 18.0 Å². The summed E-state index contributed by atoms with van der Waals surface area (Å²) in [5.74, 6) is 0. The van der Waals surface area contributed by atoms with E-state index in [4.69, 9.17) is 4.42 Å². The third-order valence-corrected chi connectivity index (χ3v) is 17.0. The van der Waals surface area contributed by atoms with Gasteiger partial charge >= 0.3 is 0 Å². The van der Waals surface area contributed by atoms with Crippen molar-refractivity contribution in [1.29, 1.82) is 0 Å². The number of nitrogens with zero attached hydrogens (tertiary/aromatic N) is 3. The Morgan fingerprint density at radius 3 is 1.42 bits per heavy atom. The molecule has 13 rings (SSSR count). The Hall–Kier alpha value is -6.74. The second-order valence-electron chi connectivity index (χ2n) is 21.5. The van der Waals surface area contributed by atoms with Gasteiger partial charge in [0.1, 0.15) is 5.52 Å². The smallest absolute Gasteiger partial charge is 0.160 e. The Bertz CT molecular complexity index is 4140. The predicted octanol–water partition coefficient (Wildman–Crippen LogP) is 17.7. The third-order valence-electron chi connectivity index (χ3n) is 14.3. The quantitative estimate of drug-likeness (QED) is 0.126. The van der Waals surface area contributed by atoms with Crippen molar-refractivity contribution in [1.82, 2.24) is 13.5 Å². The van der Waals surface area contributed by atoms with Crippen LogP contribution in [-0.4, -0.2) is 13.5 Å². The van der Waals surface area contributed by atoms with Crippen molar-refractivity contribution in [2.75, 3.05) is 0 Å². The molecule has 0 saturated heterocycles. The normalized spacial score (nSPS) is 13.6. The lowest BCUT2D eigenvalue weighted by Gasteiger charge is -2.30. The van der Waals surface area contributed by atoms with Crippen molar-refractivity contribution in [2.45, 2.75) is 78.6 Å². The minimum absolute atomic E-state index is 0.0158. The Balaban J connectivity index is 1.41. The number of benzene rings is 9. The van der Waals surface area contributed by atoms with Gasteiger partial charge in [-0.1, -0.05) is 173 Å². The summed E-state index contributed by atoms with van der Waals surface area (Å²) < 4.78 is 15.3. The molecule has 0 amide bonds. The van der Waals surface area contributed by atoms with E-state index in [-0.39, 0.29) is 16.2 Å². The van der Waals surface area contributed by atoms with Gasteiger partial charge in [0.05, 0.1) is 38.2 Å². The van der Waals surface area contributed by atoms with Crippen LogP contribution in [0.4, 0.5) is 0 Å². The number of rotatable bonds is 2. The number of aromatic nitrogens is 3. The highest BCUT2D eigenvalue weighted by Gasteiger charge is 2.31. The molecule has 1 unspecified atom stereocenters. The minimum atomic E-state index is -1.14. The van der Waals surface area contributed by atoms with Crippen molar-refractivity contribution in [3.8, 4) is 11.4 Å². The van der Waals surface area contributed by atoms with E-state index in [9.17, 15) is 0 Å². The van der Waals surface area contributed by atoms with Gasteiger partial charge in [-0.05, 0) is 92.2 Å². The van der Waals surface area contributed by atoms with E-state index in [1.807, 2.05) is 0 Å². The summed E-state index contributed by atoms with van der Waals surface area (Å²) in [6.07, 6.45) is 0. The fraction of sp³-hybridized carbons (Fsp3) is 0.200. The van der Waals surface area contributed by atoms with Crippen molar-refractivity contribution < 1.29 is 4.42 Å². The first-order valence-electron chi connectivity index (χ1n) is 23.1. The van der Waals surface area contributed by atoms with Gasteiger partial charge in [-0.15, -0.1) is 0 Å². The van der Waals surface area contributed by atoms with Gasteiger partial charge in [0.2, 0.25) is 0 Å². The maximum absolute atomic E-state index is 7.44. The first-order chi connectivity index (χ1) is 31.2. The van der Waals surface area contributed by atoms with Crippen LogP contribution in [0.5, 0.6) is 0 Å². The van der Waals surface area contributed by atoms with Gasteiger partial charge in [0.15, 0.2) is 11.2 Å². The molecule has 9 aromatic carbocycles. The van der Waals surface area contributed by atoms with Gasteiger partial charge in [-0.3, -0.25) is 0 Å². The van der Waals surface area contributed by atoms with Crippen LogP contribution in [0, 0.1) is 0 Å². The van der Waals surface area contributed by atoms with Crippen molar-refractivity contribution in [3.05, 3.63) is 168 Å². The zero-order valence-electron chi connectivity index (χ0n) is 38.6. The molecular weight excluding hydrogens is 810 g/mol. The van der Waals surface area contributed by atoms with Crippen LogP contribution in [0.15, 0.2) is 156 Å². The van der Waals surface area contributed by atoms with E-state index in [1.54, 1.807) is 0 Å². The van der Waals surface area contributed by atoms with E-state index in [0.29, 0.717) is 0 Å². The van der Waals surface area contributed by atoms with E-state index >= 15 is 0 Å². The van der Waals surface area contributed by atoms with E-state index in [2.05, 4.69) is 228 Å². The maximum Gasteiger partial charge on any atom is 0.160 e. The molecule has 0 N–H and O–H groups in total. The minimum Gasteiger partial charge on any atom is -0.452 e. The standard InChI is InChI=1S/C60H52N3OP/c1-58(2,3)37-22-27-40(28-23-37)61-47-32-35-16-10-12-18-42(35)50-55(47)65-56-48(61)33-36-17-11-13-19-43(36)51(56)63-46-31-26-39(60(7,8)9)34-49(46)64-54-45-21-15-14-20-44(45)52(57(65)53(54)63)62(50)41-29-24-38(25-30-41)59(4,5)6/h10-34H,1-9H3. The fourth-order valence-corrected chi connectivity index (χ4v) is 14.2. The van der Waals surface area contributed by atoms with Crippen molar-refractivity contribution in [3.63, 3.8) is 0 Å². The molecule has 4 heterocycles. The summed E-state index contributed by atoms with van der Waals surface area (Å²) >= 11 is 0. The largest absolute Gasteiger partial charge is 0.452 e. The van der Waals surface area contributed by atoms with E-state index < -0.39 is 7.34 Å². The summed E-state index contributed by atoms with van der Waals surface area (Å²) in [7, 11) is -1.14. The molecule has 0 aliphatic carbocycles. The highest BCUT2D eigenvalue weighted by atomic mass is 31.1. The monoisotopic (exact) mass is 861 g/mol. The molecule has 0 aliphatic rings. The van der Waals surface area contributed by atoms with Gasteiger partial charge in [-0.2, -0.15) is 0 Å². The van der Waals surface area contributed by atoms with E-state index in [1.165, 1.54) is 92.1 Å². The van der Waals surface area contributed by atoms with Crippen LogP contribution >= 0.6 is 7.34 Å². The van der Waals surface area contributed by atoms with Crippen LogP contribution in [0.3, 0.4) is 0 Å². The predicted molar refractivity (Wildman–Crippen MR) is 280 cm³/mol. The lowest BCUT2D eigenvalue weighted by molar-refractivity contribution is 0.586. The summed E-state index contributed by atoms with van der Waals surface area (Å²) in [6, 6.07) is 57.9. The van der Waals surface area contributed by atoms with Crippen LogP contribution < -0.4 is 0 Å². The lowest BCUT2D eigenvalue weighted by Crippen LogP contribution is -2.12. The van der Waals surface area contributed by atoms with Crippen molar-refractivity contribution >= 4 is 105 Å². The molecule has 0 bridgehead atoms. The molecule has 1 atom stereocenters. The Labute approximate surface area is 379 Å². The van der Waals surface area contributed by atoms with Crippen LogP contribution in [0.2, 0.25) is 0 Å². The average Bonchev–Trinajstić information content (AvgIpc) is 3.29. The Morgan fingerprint density at radius 2 is 0.846 bits per heavy atom. The first kappa shape index (κ1) is 38.7. The first-order valence-corrected chi connectivity index (χ1v) is 24.5. The van der Waals surface area contributed by atoms with Crippen LogP contribution in [0.25, 0.3) is 109 Å². The molecule has 318 valence electrons. The molecule has 0 radical (unpaired) electrons. The highest BCUT2D eigenvalue weighted by Crippen LogP contribution is 2.60. The summed E-state index contributed by atoms with van der Waals surface area (Å²) in [6.45, 7) is 20.7. The van der Waals surface area contributed by atoms with E-state index in [0.717, 1.165) is 33.4 Å². The molecule has 65 heavy (non-hydrogen) atoms. The average molecular weight is 862 g/mol. The molecule has 5 heteroatoms. The molecular formula is C60H52N3OP. The molecule has 0 saturated carbocycles. The molecule has 0 aliphatic heterocycles. The molecule has 0 fully saturated rings. The van der Waals surface area contributed by atoms with Gasteiger partial charge in [-0.25, -0.2) is 0 Å². The number of hydrogen-bond acceptors (Lipinski definition) is 1. The van der Waals surface area contributed by atoms with Crippen molar-refractivity contribution in [2.24, 2.45) is 0 Å². The second-order valence-corrected chi connectivity index (χ2v) is 23.5. The highest BCUT2D eigenvalue weighted by molar-refractivity contribution is 7.63. The summed E-state index contributed by atoms with van der Waals surface area (Å²) in [5.41, 5.74) is 16.5. The third kappa shape index (κ3) is 5.32. The van der Waals surface area contributed by atoms with Crippen LogP contribution in [-0.2, 0) is 16.2 Å². The fourth-order valence-electron chi connectivity index (χ4n) is 11.0. The van der Waals surface area contributed by atoms with Gasteiger partial charge in [0.25, 0.3) is 0 Å².